The number of hydrogen-bond donors (Lipinski definition) is 0. The molecule has 0 aliphatic heterocycles. The zero-order chi connectivity index (χ0) is 16.1. The van der Waals surface area contributed by atoms with Crippen LogP contribution in [-0.4, -0.2) is 35.6 Å². The Bertz CT molecular complexity index is 616. The zero-order valence-corrected chi connectivity index (χ0v) is 14.0. The van der Waals surface area contributed by atoms with Crippen LogP contribution in [0, 0.1) is 0 Å². The molecule has 0 unspecified atom stereocenters. The fraction of sp³-hybridized carbons (Fsp3) is 0.556. The standard InChI is InChI=1S/C18H25N3O2/c1-22-12-11-17-19-18(15-5-3-4-6-15)21(20-17)13-14-7-9-16(23-2)10-8-14/h7-10,15H,3-6,11-13H2,1-2H3. The highest BCUT2D eigenvalue weighted by Gasteiger charge is 2.23. The molecule has 0 radical (unpaired) electrons. The van der Waals surface area contributed by atoms with Crippen LogP contribution < -0.4 is 4.74 Å². The molecule has 0 amide bonds. The van der Waals surface area contributed by atoms with E-state index < -0.39 is 0 Å². The second-order valence-electron chi connectivity index (χ2n) is 6.12. The molecule has 1 fully saturated rings. The van der Waals surface area contributed by atoms with Gasteiger partial charge in [-0.25, -0.2) is 9.67 Å². The van der Waals surface area contributed by atoms with E-state index in [1.807, 2.05) is 12.1 Å². The molecular weight excluding hydrogens is 290 g/mol. The summed E-state index contributed by atoms with van der Waals surface area (Å²) in [6.45, 7) is 1.42. The van der Waals surface area contributed by atoms with Gasteiger partial charge in [0.2, 0.25) is 0 Å². The summed E-state index contributed by atoms with van der Waals surface area (Å²) in [5, 5.41) is 4.72. The van der Waals surface area contributed by atoms with Crippen molar-refractivity contribution in [2.24, 2.45) is 0 Å². The van der Waals surface area contributed by atoms with E-state index in [4.69, 9.17) is 19.6 Å². The smallest absolute Gasteiger partial charge is 0.153 e. The van der Waals surface area contributed by atoms with Gasteiger partial charge in [0.05, 0.1) is 20.3 Å². The highest BCUT2D eigenvalue weighted by atomic mass is 16.5. The van der Waals surface area contributed by atoms with Gasteiger partial charge in [0, 0.05) is 19.4 Å². The Hall–Kier alpha value is -1.88. The molecule has 5 nitrogen and oxygen atoms in total. The fourth-order valence-electron chi connectivity index (χ4n) is 3.21. The SMILES string of the molecule is COCCc1nc(C2CCCC2)n(Cc2ccc(OC)cc2)n1. The Labute approximate surface area is 137 Å². The minimum absolute atomic E-state index is 0.553. The molecule has 1 aromatic carbocycles. The lowest BCUT2D eigenvalue weighted by Gasteiger charge is -2.11. The van der Waals surface area contributed by atoms with Gasteiger partial charge in [-0.2, -0.15) is 5.10 Å². The van der Waals surface area contributed by atoms with Crippen LogP contribution in [0.25, 0.3) is 0 Å². The maximum Gasteiger partial charge on any atom is 0.153 e. The van der Waals surface area contributed by atoms with Crippen molar-refractivity contribution in [3.8, 4) is 5.75 Å². The van der Waals surface area contributed by atoms with Crippen molar-refractivity contribution in [1.29, 1.82) is 0 Å². The van der Waals surface area contributed by atoms with Crippen molar-refractivity contribution in [1.82, 2.24) is 14.8 Å². The fourth-order valence-corrected chi connectivity index (χ4v) is 3.21. The van der Waals surface area contributed by atoms with Gasteiger partial charge in [-0.05, 0) is 30.5 Å². The second-order valence-corrected chi connectivity index (χ2v) is 6.12. The summed E-state index contributed by atoms with van der Waals surface area (Å²) in [4.78, 5) is 4.81. The Kier molecular flexibility index (Phi) is 5.28. The summed E-state index contributed by atoms with van der Waals surface area (Å²) >= 11 is 0. The van der Waals surface area contributed by atoms with Crippen LogP contribution in [0.5, 0.6) is 5.75 Å². The third-order valence-electron chi connectivity index (χ3n) is 4.49. The number of benzene rings is 1. The van der Waals surface area contributed by atoms with E-state index in [1.54, 1.807) is 14.2 Å². The molecule has 1 aliphatic carbocycles. The first-order chi connectivity index (χ1) is 11.3. The summed E-state index contributed by atoms with van der Waals surface area (Å²) in [6.07, 6.45) is 5.82. The minimum Gasteiger partial charge on any atom is -0.497 e. The molecule has 0 N–H and O–H groups in total. The summed E-state index contributed by atoms with van der Waals surface area (Å²) in [5.74, 6) is 3.47. The predicted molar refractivity (Wildman–Crippen MR) is 88.9 cm³/mol. The molecule has 3 rings (SSSR count). The van der Waals surface area contributed by atoms with Crippen molar-refractivity contribution in [3.05, 3.63) is 41.5 Å². The number of nitrogens with zero attached hydrogens (tertiary/aromatic N) is 3. The van der Waals surface area contributed by atoms with Gasteiger partial charge in [-0.3, -0.25) is 0 Å². The largest absolute Gasteiger partial charge is 0.497 e. The molecule has 0 spiro atoms. The van der Waals surface area contributed by atoms with Gasteiger partial charge in [-0.15, -0.1) is 0 Å². The lowest BCUT2D eigenvalue weighted by Crippen LogP contribution is -2.10. The predicted octanol–water partition coefficient (Wildman–Crippen LogP) is 3.18. The molecule has 2 aromatic rings. The third-order valence-corrected chi connectivity index (χ3v) is 4.49. The van der Waals surface area contributed by atoms with Crippen LogP contribution in [0.1, 0.15) is 48.8 Å². The van der Waals surface area contributed by atoms with Crippen LogP contribution in [-0.2, 0) is 17.7 Å². The average Bonchev–Trinajstić information content (AvgIpc) is 3.23. The van der Waals surface area contributed by atoms with Crippen molar-refractivity contribution in [2.45, 2.75) is 44.6 Å². The van der Waals surface area contributed by atoms with Crippen LogP contribution in [0.15, 0.2) is 24.3 Å². The van der Waals surface area contributed by atoms with Crippen molar-refractivity contribution < 1.29 is 9.47 Å². The number of rotatable bonds is 7. The molecule has 1 aromatic heterocycles. The van der Waals surface area contributed by atoms with Crippen LogP contribution in [0.2, 0.25) is 0 Å². The topological polar surface area (TPSA) is 49.2 Å². The molecule has 23 heavy (non-hydrogen) atoms. The van der Waals surface area contributed by atoms with Crippen molar-refractivity contribution in [2.75, 3.05) is 20.8 Å². The Morgan fingerprint density at radius 2 is 1.87 bits per heavy atom. The lowest BCUT2D eigenvalue weighted by molar-refractivity contribution is 0.200. The molecule has 124 valence electrons. The molecule has 1 aliphatic rings. The van der Waals surface area contributed by atoms with Gasteiger partial charge in [0.15, 0.2) is 5.82 Å². The molecule has 0 bridgehead atoms. The van der Waals surface area contributed by atoms with E-state index in [0.29, 0.717) is 12.5 Å². The summed E-state index contributed by atoms with van der Waals surface area (Å²) in [7, 11) is 3.40. The number of aromatic nitrogens is 3. The van der Waals surface area contributed by atoms with Gasteiger partial charge >= 0.3 is 0 Å². The average molecular weight is 315 g/mol. The summed E-state index contributed by atoms with van der Waals surface area (Å²) in [5.41, 5.74) is 1.22. The Balaban J connectivity index is 1.81. The van der Waals surface area contributed by atoms with E-state index in [0.717, 1.165) is 30.4 Å². The minimum atomic E-state index is 0.553. The second kappa shape index (κ2) is 7.59. The van der Waals surface area contributed by atoms with E-state index in [1.165, 1.54) is 31.2 Å². The van der Waals surface area contributed by atoms with Crippen LogP contribution in [0.4, 0.5) is 0 Å². The molecule has 0 atom stereocenters. The van der Waals surface area contributed by atoms with Crippen molar-refractivity contribution in [3.63, 3.8) is 0 Å². The van der Waals surface area contributed by atoms with Crippen LogP contribution >= 0.6 is 0 Å². The zero-order valence-electron chi connectivity index (χ0n) is 14.0. The number of ether oxygens (including phenoxy) is 2. The quantitative estimate of drug-likeness (QED) is 0.787. The summed E-state index contributed by atoms with van der Waals surface area (Å²) < 4.78 is 12.5. The lowest BCUT2D eigenvalue weighted by atomic mass is 10.1. The molecule has 5 heteroatoms. The highest BCUT2D eigenvalue weighted by Crippen LogP contribution is 2.33. The number of methoxy groups -OCH3 is 2. The normalized spacial score (nSPS) is 15.2. The molecule has 1 heterocycles. The first-order valence-corrected chi connectivity index (χ1v) is 8.35. The van der Waals surface area contributed by atoms with Gasteiger partial charge in [-0.1, -0.05) is 25.0 Å². The molecule has 1 saturated carbocycles. The molecule has 0 saturated heterocycles. The van der Waals surface area contributed by atoms with E-state index in [-0.39, 0.29) is 0 Å². The van der Waals surface area contributed by atoms with Gasteiger partial charge in [0.1, 0.15) is 11.6 Å². The van der Waals surface area contributed by atoms with Gasteiger partial charge in [0.25, 0.3) is 0 Å². The Morgan fingerprint density at radius 3 is 2.52 bits per heavy atom. The number of hydrogen-bond acceptors (Lipinski definition) is 4. The first kappa shape index (κ1) is 16.0. The monoisotopic (exact) mass is 315 g/mol. The van der Waals surface area contributed by atoms with Crippen molar-refractivity contribution >= 4 is 0 Å². The first-order valence-electron chi connectivity index (χ1n) is 8.35. The summed E-state index contributed by atoms with van der Waals surface area (Å²) in [6, 6.07) is 8.17. The Morgan fingerprint density at radius 1 is 1.13 bits per heavy atom. The maximum atomic E-state index is 5.22. The third kappa shape index (κ3) is 3.91. The van der Waals surface area contributed by atoms with Crippen LogP contribution in [0.3, 0.4) is 0 Å². The molecular formula is C18H25N3O2. The van der Waals surface area contributed by atoms with E-state index in [2.05, 4.69) is 16.8 Å². The van der Waals surface area contributed by atoms with E-state index >= 15 is 0 Å². The highest BCUT2D eigenvalue weighted by molar-refractivity contribution is 5.27. The van der Waals surface area contributed by atoms with E-state index in [9.17, 15) is 0 Å². The maximum absolute atomic E-state index is 5.22. The van der Waals surface area contributed by atoms with Gasteiger partial charge < -0.3 is 9.47 Å².